The molecule has 0 unspecified atom stereocenters. The highest BCUT2D eigenvalue weighted by Gasteiger charge is 2.46. The van der Waals surface area contributed by atoms with Gasteiger partial charge in [0.25, 0.3) is 0 Å². The van der Waals surface area contributed by atoms with Gasteiger partial charge in [-0.3, -0.25) is 57.5 Å². The van der Waals surface area contributed by atoms with Gasteiger partial charge >= 0.3 is 0 Å². The van der Waals surface area contributed by atoms with Crippen molar-refractivity contribution in [2.24, 2.45) is 5.92 Å². The third-order valence-electron chi connectivity index (χ3n) is 22.7. The molecule has 4 saturated heterocycles. The van der Waals surface area contributed by atoms with Crippen molar-refractivity contribution in [2.75, 3.05) is 82.7 Å². The van der Waals surface area contributed by atoms with Gasteiger partial charge in [-0.1, -0.05) is 160 Å². The van der Waals surface area contributed by atoms with Crippen molar-refractivity contribution >= 4 is 137 Å². The Hall–Kier alpha value is -11.5. The number of likely N-dealkylation sites (tertiary alicyclic amines) is 4. The summed E-state index contributed by atoms with van der Waals surface area (Å²) in [5.74, 6) is -3.48. The molecule has 4 aliphatic heterocycles. The molecule has 38 nitrogen and oxygen atoms in total. The van der Waals surface area contributed by atoms with Crippen molar-refractivity contribution < 1.29 is 67.4 Å². The molecule has 4 aromatic heterocycles. The lowest BCUT2D eigenvalue weighted by atomic mass is 9.96. The molecule has 13 N–H and O–H groups in total. The number of methoxy groups -OCH3 is 1. The largest absolute Gasteiger partial charge is 0.388 e. The number of amides is 12. The molecule has 4 aliphatic rings. The van der Waals surface area contributed by atoms with Gasteiger partial charge in [0.15, 0.2) is 0 Å². The third-order valence-corrected chi connectivity index (χ3v) is 25.3. The second-order valence-electron chi connectivity index (χ2n) is 32.7. The second kappa shape index (κ2) is 49.5. The zero-order chi connectivity index (χ0) is 94.5. The predicted octanol–water partition coefficient (Wildman–Crippen LogP) is 6.17. The first kappa shape index (κ1) is 102. The topological polar surface area (TPSA) is 495 Å². The summed E-state index contributed by atoms with van der Waals surface area (Å²) in [6.07, 6.45) is 5.31. The van der Waals surface area contributed by atoms with E-state index in [1.54, 1.807) is 72.6 Å². The number of likely N-dealkylation sites (N-methyl/N-ethyl adjacent to an activating group) is 4. The van der Waals surface area contributed by atoms with Crippen LogP contribution in [0.2, 0.25) is 0 Å². The maximum atomic E-state index is 13.4. The number of hydrogen-bond acceptors (Lipinski definition) is 30. The van der Waals surface area contributed by atoms with E-state index in [1.165, 1.54) is 30.8 Å². The van der Waals surface area contributed by atoms with Crippen LogP contribution in [0, 0.1) is 5.92 Å². The number of anilines is 4. The molecule has 0 radical (unpaired) electrons. The zero-order valence-electron chi connectivity index (χ0n) is 75.8. The molecule has 42 heteroatoms. The first-order chi connectivity index (χ1) is 62.3. The van der Waals surface area contributed by atoms with Crippen LogP contribution in [-0.2, 0) is 62.3 Å². The Morgan fingerprint density at radius 3 is 0.946 bits per heavy atom. The van der Waals surface area contributed by atoms with Crippen LogP contribution in [0.5, 0.6) is 0 Å². The summed E-state index contributed by atoms with van der Waals surface area (Å²) in [7, 11) is 8.16. The molecule has 0 bridgehead atoms. The third kappa shape index (κ3) is 27.3. The minimum atomic E-state index is -1.52. The Bertz CT molecular complexity index is 5080. The summed E-state index contributed by atoms with van der Waals surface area (Å²) in [6, 6.07) is 30.0. The van der Waals surface area contributed by atoms with Crippen LogP contribution in [0.4, 0.5) is 20.0 Å². The summed E-state index contributed by atoms with van der Waals surface area (Å²) in [5.41, 5.74) is 4.23. The maximum absolute atomic E-state index is 13.4. The second-order valence-corrected chi connectivity index (χ2v) is 35.7. The highest BCUT2D eigenvalue weighted by atomic mass is 32.1. The van der Waals surface area contributed by atoms with Gasteiger partial charge in [0.05, 0.1) is 35.9 Å². The summed E-state index contributed by atoms with van der Waals surface area (Å²) >= 11 is 4.37. The Morgan fingerprint density at radius 1 is 0.400 bits per heavy atom. The average molecular weight is 1870 g/mol. The van der Waals surface area contributed by atoms with Crippen LogP contribution in [0.3, 0.4) is 0 Å². The van der Waals surface area contributed by atoms with Crippen molar-refractivity contribution in [3.8, 4) is 45.0 Å². The maximum Gasteiger partial charge on any atom is 0.248 e. The highest BCUT2D eigenvalue weighted by Crippen LogP contribution is 2.36. The molecule has 700 valence electrons. The lowest BCUT2D eigenvalue weighted by molar-refractivity contribution is -0.146. The Labute approximate surface area is 773 Å². The number of aromatic nitrogens is 8. The number of nitrogens with one attached hydrogen (secondary N) is 12. The molecular weight excluding hydrogens is 1750 g/mol. The fourth-order valence-electron chi connectivity index (χ4n) is 14.7. The molecule has 8 heterocycles. The quantitative estimate of drug-likeness (QED) is 0.0214. The summed E-state index contributed by atoms with van der Waals surface area (Å²) < 4.78 is 21.3. The number of nitrogens with zero attached hydrogens (tertiary/aromatic N) is 12. The van der Waals surface area contributed by atoms with Gasteiger partial charge in [-0.25, -0.2) is 0 Å². The van der Waals surface area contributed by atoms with E-state index >= 15 is 0 Å². The fourth-order valence-corrected chi connectivity index (χ4v) is 17.1. The lowest BCUT2D eigenvalue weighted by Crippen LogP contribution is -2.62. The van der Waals surface area contributed by atoms with Gasteiger partial charge in [0.1, 0.15) is 91.1 Å². The van der Waals surface area contributed by atoms with E-state index in [0.29, 0.717) is 120 Å². The Kier molecular flexibility index (Phi) is 38.9. The van der Waals surface area contributed by atoms with E-state index in [0.717, 1.165) is 81.2 Å². The van der Waals surface area contributed by atoms with E-state index in [4.69, 9.17) is 4.74 Å². The molecule has 0 spiro atoms. The standard InChI is InChI=1S/C23H32N6O3S.2C22H30N6O4S.C21H28N6O3S/c1-14(2)13-17(25-20(30)15(3)24-4)23(32)29-12-8-11-18(29)21(31)26-22-19(27-28-33-22)16-9-6-5-7-10-16;1-13(23-4)18(29)24-17(22(2,3)32)21(31)28-12-8-11-15(28)19(30)25-20-16(26-27-33-20)14-9-6-5-7-10-14;1-13(23-3)19(29)24-17(14(2)32-4)22(31)28-12-8-11-16(28)20(30)25-21-18(26-27-33-21)15-9-6-5-7-10-15;1-4-15(23-18(28)13(2)22-3)21(30)27-12-8-11-16(27)19(29)24-20-17(25-26-31-20)14-9-6-5-7-10-14/h5-7,9-10,14-15,17-18,24H,8,11-13H2,1-4H3,(H,25,30)(H,26,31);5-7,9-10,13,15,17,23,32H,8,11-12H2,1-4H3,(H,24,29)(H,25,30);5-7,9-10,13-14,16-17,23H,8,11-12H2,1-4H3,(H,24,29)(H,25,30);5-7,9-10,13,15-16,22H,4,8,11-12H2,1-3H3,(H,23,28)(H,24,29)/t15-,17-,18-;13-,15-,17+;13-,14+,16-,17-;13-,15-,16-/m0000/s1. The molecule has 12 amide bonds. The smallest absolute Gasteiger partial charge is 0.248 e. The number of aliphatic hydroxyl groups is 1. The molecule has 130 heavy (non-hydrogen) atoms. The van der Waals surface area contributed by atoms with Gasteiger partial charge in [0.2, 0.25) is 70.9 Å². The lowest BCUT2D eigenvalue weighted by Gasteiger charge is -2.34. The Morgan fingerprint density at radius 2 is 0.669 bits per heavy atom. The number of hydrogen-bond donors (Lipinski definition) is 13. The minimum Gasteiger partial charge on any atom is -0.388 e. The number of benzene rings is 4. The predicted molar refractivity (Wildman–Crippen MR) is 499 cm³/mol. The number of carbonyl (C=O) groups is 12. The van der Waals surface area contributed by atoms with Crippen LogP contribution < -0.4 is 63.8 Å². The molecule has 0 aliphatic carbocycles. The van der Waals surface area contributed by atoms with E-state index in [2.05, 4.69) is 102 Å². The van der Waals surface area contributed by atoms with Crippen LogP contribution in [0.25, 0.3) is 45.0 Å². The van der Waals surface area contributed by atoms with Crippen LogP contribution in [0.15, 0.2) is 121 Å². The molecule has 8 aromatic rings. The molecule has 0 saturated carbocycles. The van der Waals surface area contributed by atoms with Gasteiger partial charge in [0, 0.05) is 102 Å². The molecule has 4 aromatic carbocycles. The van der Waals surface area contributed by atoms with Crippen LogP contribution in [0.1, 0.15) is 133 Å². The van der Waals surface area contributed by atoms with Gasteiger partial charge in [-0.2, -0.15) is 0 Å². The van der Waals surface area contributed by atoms with Crippen molar-refractivity contribution in [1.82, 2.24) is 100 Å². The van der Waals surface area contributed by atoms with Crippen LogP contribution in [-0.4, -0.2) is 280 Å². The van der Waals surface area contributed by atoms with Crippen molar-refractivity contribution in [2.45, 2.75) is 218 Å². The van der Waals surface area contributed by atoms with Crippen LogP contribution >= 0.6 is 46.1 Å². The normalized spacial score (nSPS) is 17.9. The van der Waals surface area contributed by atoms with E-state index in [1.807, 2.05) is 142 Å². The highest BCUT2D eigenvalue weighted by molar-refractivity contribution is 7.11. The van der Waals surface area contributed by atoms with E-state index < -0.39 is 96.0 Å². The van der Waals surface area contributed by atoms with E-state index in [-0.39, 0.29) is 65.0 Å². The zero-order valence-corrected chi connectivity index (χ0v) is 79.0. The monoisotopic (exact) mass is 1860 g/mol. The molecular formula is C88H120N24O14S4. The number of rotatable bonds is 34. The fraction of sp³-hybridized carbons (Fsp3) is 0.500. The average Bonchev–Trinajstić information content (AvgIpc) is 1.64. The van der Waals surface area contributed by atoms with E-state index in [9.17, 15) is 62.6 Å². The SMILES string of the molecule is CC[C@H](NC(=O)[C@H](C)NC)C(=O)N1CCC[C@H]1C(=O)Nc1snnc1-c1ccccc1.CN[C@@H](C)C(=O)N[C@@H](CC(C)C)C(=O)N1CCC[C@H]1C(=O)Nc1snnc1-c1ccccc1.CN[C@@H](C)C(=O)N[C@H](C(=O)N1CCC[C@H]1C(=O)Nc1snnc1-c1ccccc1)C(C)(C)O.CN[C@@H](C)C(=O)N[C@H](C(=O)N1CCC[C@H]1C(=O)Nc1snnc1-c1ccccc1)[C@@H](C)OC. The van der Waals surface area contributed by atoms with Crippen molar-refractivity contribution in [3.05, 3.63) is 121 Å². The molecule has 12 rings (SSSR count). The minimum absolute atomic E-state index is 0.204. The number of carbonyl (C=O) groups excluding carboxylic acids is 12. The van der Waals surface area contributed by atoms with Gasteiger partial charge in [-0.05, 0) is 147 Å². The first-order valence-corrected chi connectivity index (χ1v) is 46.5. The van der Waals surface area contributed by atoms with Gasteiger partial charge < -0.3 is 93.2 Å². The van der Waals surface area contributed by atoms with Crippen molar-refractivity contribution in [3.63, 3.8) is 0 Å². The number of ether oxygens (including phenoxy) is 1. The van der Waals surface area contributed by atoms with Crippen molar-refractivity contribution in [1.29, 1.82) is 0 Å². The molecule has 4 fully saturated rings. The molecule has 13 atom stereocenters. The summed E-state index contributed by atoms with van der Waals surface area (Å²) in [6.45, 7) is 19.1. The summed E-state index contributed by atoms with van der Waals surface area (Å²) in [4.78, 5) is 161. The summed E-state index contributed by atoms with van der Waals surface area (Å²) in [5, 5.41) is 63.4. The first-order valence-electron chi connectivity index (χ1n) is 43.4. The Balaban J connectivity index is 0.000000195. The van der Waals surface area contributed by atoms with Gasteiger partial charge in [-0.15, -0.1) is 20.4 Å².